The van der Waals surface area contributed by atoms with Gasteiger partial charge in [-0.1, -0.05) is 0 Å². The predicted octanol–water partition coefficient (Wildman–Crippen LogP) is 2.53. The molecular weight excluding hydrogens is 408 g/mol. The van der Waals surface area contributed by atoms with Crippen LogP contribution in [0, 0.1) is 0 Å². The smallest absolute Gasteiger partial charge is 0.145 e. The molecule has 0 amide bonds. The molecule has 0 spiro atoms. The second kappa shape index (κ2) is 10.1. The van der Waals surface area contributed by atoms with Gasteiger partial charge in [0.05, 0.1) is 23.9 Å². The second-order valence-corrected chi connectivity index (χ2v) is 8.28. The van der Waals surface area contributed by atoms with Crippen LogP contribution in [0.15, 0.2) is 30.6 Å². The van der Waals surface area contributed by atoms with E-state index < -0.39 is 0 Å². The monoisotopic (exact) mass is 438 g/mol. The molecule has 3 heterocycles. The molecule has 3 aromatic rings. The van der Waals surface area contributed by atoms with Gasteiger partial charge in [-0.05, 0) is 39.0 Å². The highest BCUT2D eigenvalue weighted by atomic mass is 16.5. The van der Waals surface area contributed by atoms with Crippen molar-refractivity contribution in [1.29, 1.82) is 0 Å². The Labute approximate surface area is 187 Å². The number of ether oxygens (including phenoxy) is 2. The third-order valence-electron chi connectivity index (χ3n) is 5.60. The topological polar surface area (TPSA) is 96.5 Å². The molecule has 1 atom stereocenters. The van der Waals surface area contributed by atoms with Gasteiger partial charge in [-0.2, -0.15) is 5.10 Å². The van der Waals surface area contributed by atoms with E-state index in [1.54, 1.807) is 6.33 Å². The van der Waals surface area contributed by atoms with Gasteiger partial charge in [0.25, 0.3) is 0 Å². The molecule has 4 rings (SSSR count). The van der Waals surface area contributed by atoms with Crippen LogP contribution in [0.1, 0.15) is 20.8 Å². The highest BCUT2D eigenvalue weighted by Gasteiger charge is 2.25. The normalized spacial score (nSPS) is 17.2. The van der Waals surface area contributed by atoms with Crippen molar-refractivity contribution in [2.75, 3.05) is 44.3 Å². The van der Waals surface area contributed by atoms with E-state index in [0.29, 0.717) is 12.6 Å². The zero-order chi connectivity index (χ0) is 22.5. The summed E-state index contributed by atoms with van der Waals surface area (Å²) in [6.45, 7) is 10.4. The minimum Gasteiger partial charge on any atom is -0.491 e. The Morgan fingerprint density at radius 2 is 2.12 bits per heavy atom. The van der Waals surface area contributed by atoms with Crippen molar-refractivity contribution in [2.45, 2.75) is 32.9 Å². The Kier molecular flexibility index (Phi) is 6.96. The number of fused-ring (bicyclic) bond motifs is 1. The Hall–Kier alpha value is -3.04. The van der Waals surface area contributed by atoms with E-state index in [-0.39, 0.29) is 12.7 Å². The number of rotatable bonds is 9. The fourth-order valence-corrected chi connectivity index (χ4v) is 4.03. The molecule has 9 nitrogen and oxygen atoms in total. The van der Waals surface area contributed by atoms with E-state index in [1.807, 2.05) is 38.1 Å². The minimum absolute atomic E-state index is 0.102. The zero-order valence-electron chi connectivity index (χ0n) is 18.8. The maximum absolute atomic E-state index is 10.4. The van der Waals surface area contributed by atoms with E-state index in [2.05, 4.69) is 36.9 Å². The number of aromatic nitrogens is 4. The van der Waals surface area contributed by atoms with Crippen molar-refractivity contribution in [3.05, 3.63) is 30.6 Å². The van der Waals surface area contributed by atoms with Crippen LogP contribution in [0.4, 0.5) is 5.82 Å². The van der Waals surface area contributed by atoms with Gasteiger partial charge in [0.2, 0.25) is 0 Å². The third-order valence-corrected chi connectivity index (χ3v) is 5.60. The first-order chi connectivity index (χ1) is 15.5. The molecule has 32 heavy (non-hydrogen) atoms. The van der Waals surface area contributed by atoms with Crippen LogP contribution < -0.4 is 9.64 Å². The van der Waals surface area contributed by atoms with Crippen molar-refractivity contribution in [2.24, 2.45) is 0 Å². The van der Waals surface area contributed by atoms with E-state index in [9.17, 15) is 4.79 Å². The summed E-state index contributed by atoms with van der Waals surface area (Å²) in [5.41, 5.74) is 2.51. The molecule has 0 bridgehead atoms. The zero-order valence-corrected chi connectivity index (χ0v) is 18.8. The summed E-state index contributed by atoms with van der Waals surface area (Å²) in [6, 6.07) is 8.28. The number of benzene rings is 1. The quantitative estimate of drug-likeness (QED) is 0.402. The van der Waals surface area contributed by atoms with Gasteiger partial charge in [-0.15, -0.1) is 0 Å². The molecule has 1 aliphatic rings. The SMILES string of the molecule is CC(C)Oc1ccc2[nH]nc(-c3cc(N4CCN(CCOCC=O)C(C)C4)ncn3)c2c1. The van der Waals surface area contributed by atoms with E-state index >= 15 is 0 Å². The molecular formula is C23H30N6O3. The second-order valence-electron chi connectivity index (χ2n) is 8.28. The summed E-state index contributed by atoms with van der Waals surface area (Å²) in [5, 5.41) is 8.57. The van der Waals surface area contributed by atoms with Crippen LogP contribution in [0.2, 0.25) is 0 Å². The van der Waals surface area contributed by atoms with Crippen molar-refractivity contribution < 1.29 is 14.3 Å². The number of anilines is 1. The number of carbonyl (C=O) groups is 1. The highest BCUT2D eigenvalue weighted by molar-refractivity contribution is 5.93. The van der Waals surface area contributed by atoms with Crippen LogP contribution >= 0.6 is 0 Å². The number of H-pyrrole nitrogens is 1. The first-order valence-corrected chi connectivity index (χ1v) is 11.0. The molecule has 1 aromatic carbocycles. The Morgan fingerprint density at radius 3 is 2.91 bits per heavy atom. The van der Waals surface area contributed by atoms with Gasteiger partial charge in [0.1, 0.15) is 36.5 Å². The van der Waals surface area contributed by atoms with E-state index in [1.165, 1.54) is 0 Å². The average Bonchev–Trinajstić information content (AvgIpc) is 3.20. The average molecular weight is 439 g/mol. The number of nitrogens with one attached hydrogen (secondary N) is 1. The Balaban J connectivity index is 1.49. The summed E-state index contributed by atoms with van der Waals surface area (Å²) >= 11 is 0. The number of aromatic amines is 1. The standard InChI is InChI=1S/C23H30N6O3/c1-16(2)32-18-4-5-20-19(12-18)23(27-26-20)21-13-22(25-15-24-21)29-7-6-28(17(3)14-29)8-10-31-11-9-30/h4-5,9,12-13,15-17H,6-8,10-11,14H2,1-3H3,(H,26,27). The summed E-state index contributed by atoms with van der Waals surface area (Å²) in [5.74, 6) is 1.70. The lowest BCUT2D eigenvalue weighted by Crippen LogP contribution is -2.53. The molecule has 170 valence electrons. The molecule has 9 heteroatoms. The first-order valence-electron chi connectivity index (χ1n) is 11.0. The molecule has 1 N–H and O–H groups in total. The lowest BCUT2D eigenvalue weighted by Gasteiger charge is -2.40. The largest absolute Gasteiger partial charge is 0.491 e. The molecule has 1 fully saturated rings. The summed E-state index contributed by atoms with van der Waals surface area (Å²) in [6.07, 6.45) is 2.49. The Bertz CT molecular complexity index is 1050. The van der Waals surface area contributed by atoms with Gasteiger partial charge >= 0.3 is 0 Å². The maximum Gasteiger partial charge on any atom is 0.145 e. The number of hydrogen-bond acceptors (Lipinski definition) is 8. The van der Waals surface area contributed by atoms with Gasteiger partial charge in [-0.3, -0.25) is 10.00 Å². The van der Waals surface area contributed by atoms with Crippen molar-refractivity contribution in [3.63, 3.8) is 0 Å². The van der Waals surface area contributed by atoms with Crippen molar-refractivity contribution >= 4 is 23.0 Å². The number of hydrogen-bond donors (Lipinski definition) is 1. The molecule has 1 saturated heterocycles. The summed E-state index contributed by atoms with van der Waals surface area (Å²) in [4.78, 5) is 24.1. The van der Waals surface area contributed by atoms with Gasteiger partial charge < -0.3 is 19.2 Å². The van der Waals surface area contributed by atoms with Gasteiger partial charge in [0.15, 0.2) is 0 Å². The van der Waals surface area contributed by atoms with Crippen molar-refractivity contribution in [3.8, 4) is 17.1 Å². The van der Waals surface area contributed by atoms with Crippen LogP contribution in [-0.2, 0) is 9.53 Å². The number of aldehydes is 1. The summed E-state index contributed by atoms with van der Waals surface area (Å²) in [7, 11) is 0. The van der Waals surface area contributed by atoms with Gasteiger partial charge in [-0.25, -0.2) is 9.97 Å². The fourth-order valence-electron chi connectivity index (χ4n) is 4.03. The molecule has 1 aliphatic heterocycles. The molecule has 0 radical (unpaired) electrons. The molecule has 0 aliphatic carbocycles. The van der Waals surface area contributed by atoms with Crippen LogP contribution in [0.5, 0.6) is 5.75 Å². The van der Waals surface area contributed by atoms with Crippen LogP contribution in [0.25, 0.3) is 22.3 Å². The highest BCUT2D eigenvalue weighted by Crippen LogP contribution is 2.30. The lowest BCUT2D eigenvalue weighted by molar-refractivity contribution is -0.112. The van der Waals surface area contributed by atoms with E-state index in [0.717, 1.165) is 66.3 Å². The lowest BCUT2D eigenvalue weighted by atomic mass is 10.1. The summed E-state index contributed by atoms with van der Waals surface area (Å²) < 4.78 is 11.2. The van der Waals surface area contributed by atoms with E-state index in [4.69, 9.17) is 9.47 Å². The molecule has 0 saturated carbocycles. The van der Waals surface area contributed by atoms with Crippen molar-refractivity contribution in [1.82, 2.24) is 25.1 Å². The first kappa shape index (κ1) is 22.2. The van der Waals surface area contributed by atoms with Crippen LogP contribution in [0.3, 0.4) is 0 Å². The predicted molar refractivity (Wildman–Crippen MR) is 123 cm³/mol. The maximum atomic E-state index is 10.4. The van der Waals surface area contributed by atoms with Crippen LogP contribution in [-0.4, -0.2) is 82.9 Å². The number of piperazine rings is 1. The fraction of sp³-hybridized carbons (Fsp3) is 0.478. The Morgan fingerprint density at radius 1 is 1.25 bits per heavy atom. The number of carbonyl (C=O) groups excluding carboxylic acids is 1. The number of nitrogens with zero attached hydrogens (tertiary/aromatic N) is 5. The molecule has 2 aromatic heterocycles. The molecule has 1 unspecified atom stereocenters. The minimum atomic E-state index is 0.102. The third kappa shape index (κ3) is 5.05. The van der Waals surface area contributed by atoms with Gasteiger partial charge in [0, 0.05) is 43.7 Å².